The molecule has 3 rings (SSSR count). The molecule has 0 bridgehead atoms. The number of aliphatic hydroxyl groups excluding tert-OH is 11. The Morgan fingerprint density at radius 3 is 1.49 bits per heavy atom. The summed E-state index contributed by atoms with van der Waals surface area (Å²) in [5, 5.41) is 136. The molecule has 2 amide bonds. The molecule has 0 aromatic carbocycles. The Labute approximate surface area is 543 Å². The van der Waals surface area contributed by atoms with Gasteiger partial charge in [0.1, 0.15) is 67.1 Å². The summed E-state index contributed by atoms with van der Waals surface area (Å²) in [7, 11) is 0. The Hall–Kier alpha value is -2.79. The third kappa shape index (κ3) is 31.3. The van der Waals surface area contributed by atoms with Crippen molar-refractivity contribution in [2.24, 2.45) is 0 Å². The zero-order valence-corrected chi connectivity index (χ0v) is 55.4. The van der Waals surface area contributed by atoms with Gasteiger partial charge in [0.2, 0.25) is 11.8 Å². The second-order valence-electron chi connectivity index (χ2n) is 25.7. The quantitative estimate of drug-likeness (QED) is 0.0230. The molecule has 0 aliphatic carbocycles. The fourth-order valence-corrected chi connectivity index (χ4v) is 12.2. The van der Waals surface area contributed by atoms with Crippen molar-refractivity contribution in [3.05, 3.63) is 24.3 Å². The summed E-state index contributed by atoms with van der Waals surface area (Å²) in [6.07, 6.45) is 19.5. The maximum absolute atomic E-state index is 13.4. The van der Waals surface area contributed by atoms with Crippen LogP contribution in [0.15, 0.2) is 24.3 Å². The van der Waals surface area contributed by atoms with Crippen molar-refractivity contribution in [3.8, 4) is 0 Å². The maximum Gasteiger partial charge on any atom is 0.364 e. The van der Waals surface area contributed by atoms with Crippen LogP contribution in [-0.2, 0) is 42.8 Å². The topological polar surface area (TPSA) is 373 Å². The lowest BCUT2D eigenvalue weighted by Crippen LogP contribution is -2.70. The SMILES string of the molecule is CCCCCCCCCCCCC/C=C/C(O)C(COC1OC(CO)C(OC2OC(CO)C(O)C(OC3(C(=O)O)CC(O)C(NC(C)=O)C(C(O)C(O)CO)O3)C2O)C(O)C1O)NC(=O)CCCCCCCCCC/C=C\CCCCCCCCCCCCCC. The summed E-state index contributed by atoms with van der Waals surface area (Å²) in [4.78, 5) is 38.5. The highest BCUT2D eigenvalue weighted by molar-refractivity contribution is 5.77. The first-order valence-electron chi connectivity index (χ1n) is 35.2. The Balaban J connectivity index is 1.57. The molecule has 0 saturated carbocycles. The number of allylic oxidation sites excluding steroid dienone is 3. The molecule has 0 spiro atoms. The van der Waals surface area contributed by atoms with Gasteiger partial charge in [0, 0.05) is 19.8 Å². The van der Waals surface area contributed by atoms with Gasteiger partial charge in [0.15, 0.2) is 12.6 Å². The van der Waals surface area contributed by atoms with Crippen molar-refractivity contribution in [2.75, 3.05) is 26.4 Å². The van der Waals surface area contributed by atoms with Gasteiger partial charge < -0.3 is 100 Å². The van der Waals surface area contributed by atoms with E-state index in [9.17, 15) is 75.7 Å². The Morgan fingerprint density at radius 2 is 1.03 bits per heavy atom. The molecule has 0 aromatic heterocycles. The van der Waals surface area contributed by atoms with Crippen molar-refractivity contribution in [1.82, 2.24) is 10.6 Å². The zero-order chi connectivity index (χ0) is 66.8. The standard InChI is InChI=1S/C68H124N2O21/c1-4-6-8-10-12-14-16-18-19-20-21-22-23-24-25-26-27-28-30-32-34-36-38-40-42-55(78)70-49(50(75)41-39-37-35-33-31-29-17-15-13-11-9-7-5-2)47-86-65-60(82)59(81)62(54(46-73)88-65)89-66-61(83)64(58(80)53(45-72)87-66)91-68(67(84)85)43-51(76)56(69-48(3)74)63(90-68)57(79)52(77)44-71/h24-25,39,41,49-54,56-66,71-73,75-77,79-83H,4-23,26-38,40,42-47H2,1-3H3,(H,69,74)(H,70,78)(H,84,85)/b25-24-,41-39+. The van der Waals surface area contributed by atoms with Gasteiger partial charge in [-0.15, -0.1) is 0 Å². The number of amides is 2. The molecule has 23 nitrogen and oxygen atoms in total. The number of unbranched alkanes of at least 4 members (excludes halogenated alkanes) is 31. The highest BCUT2D eigenvalue weighted by atomic mass is 16.8. The smallest absolute Gasteiger partial charge is 0.364 e. The van der Waals surface area contributed by atoms with E-state index in [0.29, 0.717) is 12.8 Å². The minimum absolute atomic E-state index is 0.197. The molecule has 3 aliphatic rings. The van der Waals surface area contributed by atoms with E-state index in [1.54, 1.807) is 6.08 Å². The highest BCUT2D eigenvalue weighted by Gasteiger charge is 2.60. The first-order valence-corrected chi connectivity index (χ1v) is 35.2. The van der Waals surface area contributed by atoms with Crippen molar-refractivity contribution >= 4 is 17.8 Å². The van der Waals surface area contributed by atoms with Gasteiger partial charge in [-0.3, -0.25) is 9.59 Å². The molecule has 3 aliphatic heterocycles. The number of ether oxygens (including phenoxy) is 6. The summed E-state index contributed by atoms with van der Waals surface area (Å²) in [6.45, 7) is 2.13. The van der Waals surface area contributed by atoms with Gasteiger partial charge in [0.05, 0.1) is 50.7 Å². The average molecular weight is 1310 g/mol. The predicted molar refractivity (Wildman–Crippen MR) is 343 cm³/mol. The van der Waals surface area contributed by atoms with Crippen molar-refractivity contribution < 1.29 is 104 Å². The highest BCUT2D eigenvalue weighted by Crippen LogP contribution is 2.39. The number of rotatable bonds is 53. The maximum atomic E-state index is 13.4. The molecule has 3 fully saturated rings. The van der Waals surface area contributed by atoms with Crippen molar-refractivity contribution in [2.45, 2.75) is 362 Å². The number of carbonyl (C=O) groups is 3. The van der Waals surface area contributed by atoms with E-state index in [2.05, 4.69) is 36.6 Å². The van der Waals surface area contributed by atoms with Gasteiger partial charge in [-0.25, -0.2) is 4.79 Å². The van der Waals surface area contributed by atoms with Crippen LogP contribution < -0.4 is 10.6 Å². The van der Waals surface area contributed by atoms with Crippen LogP contribution in [0, 0.1) is 0 Å². The molecule has 18 unspecified atom stereocenters. The summed E-state index contributed by atoms with van der Waals surface area (Å²) in [5.41, 5.74) is 0. The van der Waals surface area contributed by atoms with E-state index in [1.807, 2.05) is 6.08 Å². The normalized spacial score (nSPS) is 28.5. The molecule has 0 aromatic rings. The monoisotopic (exact) mass is 1300 g/mol. The lowest BCUT2D eigenvalue weighted by atomic mass is 9.88. The molecule has 18 atom stereocenters. The molecular formula is C68H124N2O21. The minimum atomic E-state index is -3.08. The Kier molecular flexibility index (Phi) is 44.2. The lowest BCUT2D eigenvalue weighted by Gasteiger charge is -2.50. The number of aliphatic carboxylic acids is 1. The van der Waals surface area contributed by atoms with Crippen LogP contribution in [0.3, 0.4) is 0 Å². The molecule has 14 N–H and O–H groups in total. The number of carboxylic acids is 1. The van der Waals surface area contributed by atoms with E-state index in [4.69, 9.17) is 28.4 Å². The second-order valence-corrected chi connectivity index (χ2v) is 25.7. The minimum Gasteiger partial charge on any atom is -0.477 e. The van der Waals surface area contributed by atoms with E-state index in [1.165, 1.54) is 154 Å². The molecule has 3 heterocycles. The second kappa shape index (κ2) is 48.8. The number of nitrogens with one attached hydrogen (secondary N) is 2. The molecule has 0 radical (unpaired) electrons. The van der Waals surface area contributed by atoms with Gasteiger partial charge in [0.25, 0.3) is 5.79 Å². The first kappa shape index (κ1) is 82.4. The number of aliphatic hydroxyl groups is 11. The van der Waals surface area contributed by atoms with Gasteiger partial charge >= 0.3 is 5.97 Å². The van der Waals surface area contributed by atoms with E-state index in [0.717, 1.165) is 58.3 Å². The van der Waals surface area contributed by atoms with Gasteiger partial charge in [-0.05, 0) is 44.9 Å². The van der Waals surface area contributed by atoms with Crippen molar-refractivity contribution in [1.29, 1.82) is 0 Å². The molecule has 23 heteroatoms. The van der Waals surface area contributed by atoms with Crippen LogP contribution in [-0.4, -0.2) is 215 Å². The van der Waals surface area contributed by atoms with Crippen molar-refractivity contribution in [3.63, 3.8) is 0 Å². The predicted octanol–water partition coefficient (Wildman–Crippen LogP) is 6.45. The van der Waals surface area contributed by atoms with Gasteiger partial charge in [-0.2, -0.15) is 0 Å². The van der Waals surface area contributed by atoms with E-state index >= 15 is 0 Å². The molecule has 532 valence electrons. The first-order chi connectivity index (χ1) is 43.9. The summed E-state index contributed by atoms with van der Waals surface area (Å²) < 4.78 is 34.8. The van der Waals surface area contributed by atoms with Crippen LogP contribution >= 0.6 is 0 Å². The van der Waals surface area contributed by atoms with Crippen LogP contribution in [0.4, 0.5) is 0 Å². The van der Waals surface area contributed by atoms with Crippen LogP contribution in [0.25, 0.3) is 0 Å². The third-order valence-corrected chi connectivity index (χ3v) is 17.9. The molecule has 3 saturated heterocycles. The summed E-state index contributed by atoms with van der Waals surface area (Å²) in [6, 6.07) is -2.62. The number of carboxylic acid groups (broad SMARTS) is 1. The van der Waals surface area contributed by atoms with Crippen LogP contribution in [0.1, 0.15) is 252 Å². The molecule has 91 heavy (non-hydrogen) atoms. The number of hydrogen-bond donors (Lipinski definition) is 14. The summed E-state index contributed by atoms with van der Waals surface area (Å²) >= 11 is 0. The number of carbonyl (C=O) groups excluding carboxylic acids is 2. The lowest BCUT2D eigenvalue weighted by molar-refractivity contribution is -0.386. The van der Waals surface area contributed by atoms with E-state index < -0.39 is 155 Å². The Morgan fingerprint density at radius 1 is 0.571 bits per heavy atom. The van der Waals surface area contributed by atoms with E-state index in [-0.39, 0.29) is 12.3 Å². The fourth-order valence-electron chi connectivity index (χ4n) is 12.2. The third-order valence-electron chi connectivity index (χ3n) is 17.9. The van der Waals surface area contributed by atoms with Crippen LogP contribution in [0.2, 0.25) is 0 Å². The summed E-state index contributed by atoms with van der Waals surface area (Å²) in [5.74, 6) is -6.14. The molecular weight excluding hydrogens is 1180 g/mol. The zero-order valence-electron chi connectivity index (χ0n) is 55.4. The number of hydrogen-bond acceptors (Lipinski definition) is 20. The average Bonchev–Trinajstić information content (AvgIpc) is 0.766. The fraction of sp³-hybridized carbons (Fsp3) is 0.897. The van der Waals surface area contributed by atoms with Gasteiger partial charge in [-0.1, -0.05) is 212 Å². The largest absolute Gasteiger partial charge is 0.477 e. The van der Waals surface area contributed by atoms with Crippen LogP contribution in [0.5, 0.6) is 0 Å². The Bertz CT molecular complexity index is 1940.